The molecular formula is C22H29NO2. The SMILES string of the molecule is [2H]C1=C[C@@]2([2H])C(C)(C)CCC[C@@]2(C2=NC(C)(C)CO2)c2cc(OC)ccc21. The lowest BCUT2D eigenvalue weighted by molar-refractivity contribution is 0.103. The maximum absolute atomic E-state index is 9.71. The fourth-order valence-electron chi connectivity index (χ4n) is 4.66. The van der Waals surface area contributed by atoms with E-state index in [1.54, 1.807) is 7.11 Å². The van der Waals surface area contributed by atoms with Crippen LogP contribution < -0.4 is 4.74 Å². The van der Waals surface area contributed by atoms with Gasteiger partial charge < -0.3 is 9.47 Å². The predicted molar refractivity (Wildman–Crippen MR) is 102 cm³/mol. The lowest BCUT2D eigenvalue weighted by Crippen LogP contribution is -2.52. The van der Waals surface area contributed by atoms with Gasteiger partial charge in [-0.1, -0.05) is 38.5 Å². The van der Waals surface area contributed by atoms with Gasteiger partial charge in [0.05, 0.1) is 19.4 Å². The highest BCUT2D eigenvalue weighted by Gasteiger charge is 2.56. The minimum Gasteiger partial charge on any atom is -0.497 e. The molecule has 2 aliphatic carbocycles. The average molecular weight is 341 g/mol. The van der Waals surface area contributed by atoms with Crippen molar-refractivity contribution in [2.24, 2.45) is 16.3 Å². The van der Waals surface area contributed by atoms with E-state index in [0.717, 1.165) is 36.1 Å². The molecular weight excluding hydrogens is 310 g/mol. The van der Waals surface area contributed by atoms with Crippen LogP contribution in [0.5, 0.6) is 5.75 Å². The van der Waals surface area contributed by atoms with Crippen LogP contribution in [0.25, 0.3) is 6.05 Å². The second kappa shape index (κ2) is 5.36. The van der Waals surface area contributed by atoms with Crippen LogP contribution in [0.1, 0.15) is 60.8 Å². The first-order valence-corrected chi connectivity index (χ1v) is 9.18. The van der Waals surface area contributed by atoms with E-state index in [9.17, 15) is 1.37 Å². The molecule has 1 aromatic carbocycles. The quantitative estimate of drug-likeness (QED) is 0.758. The second-order valence-corrected chi connectivity index (χ2v) is 8.77. The smallest absolute Gasteiger partial charge is 0.195 e. The van der Waals surface area contributed by atoms with Crippen molar-refractivity contribution in [2.45, 2.75) is 57.9 Å². The van der Waals surface area contributed by atoms with Gasteiger partial charge in [0.1, 0.15) is 12.4 Å². The molecule has 4 rings (SSSR count). The fourth-order valence-corrected chi connectivity index (χ4v) is 4.66. The highest BCUT2D eigenvalue weighted by molar-refractivity contribution is 5.93. The molecule has 0 saturated heterocycles. The molecule has 1 aromatic rings. The summed E-state index contributed by atoms with van der Waals surface area (Å²) in [5.41, 5.74) is 0.505. The van der Waals surface area contributed by atoms with Crippen molar-refractivity contribution in [3.8, 4) is 5.75 Å². The average Bonchev–Trinajstić information content (AvgIpc) is 2.96. The number of ether oxygens (including phenoxy) is 2. The molecule has 0 unspecified atom stereocenters. The minimum atomic E-state index is -1.01. The molecule has 0 spiro atoms. The van der Waals surface area contributed by atoms with Crippen LogP contribution >= 0.6 is 0 Å². The fraction of sp³-hybridized carbons (Fsp3) is 0.591. The van der Waals surface area contributed by atoms with Crippen LogP contribution in [0.2, 0.25) is 0 Å². The number of hydrogen-bond donors (Lipinski definition) is 0. The summed E-state index contributed by atoms with van der Waals surface area (Å²) in [5, 5.41) is 0. The van der Waals surface area contributed by atoms with Gasteiger partial charge in [0.25, 0.3) is 0 Å². The zero-order valence-electron chi connectivity index (χ0n) is 17.9. The van der Waals surface area contributed by atoms with Crippen molar-refractivity contribution < 1.29 is 12.2 Å². The van der Waals surface area contributed by atoms with E-state index in [0.29, 0.717) is 18.6 Å². The molecule has 3 aliphatic rings. The van der Waals surface area contributed by atoms with Crippen molar-refractivity contribution in [2.75, 3.05) is 13.7 Å². The first-order chi connectivity index (χ1) is 12.6. The van der Waals surface area contributed by atoms with Gasteiger partial charge in [0.2, 0.25) is 0 Å². The Labute approximate surface area is 153 Å². The molecule has 0 bridgehead atoms. The zero-order chi connectivity index (χ0) is 19.7. The number of methoxy groups -OCH3 is 1. The molecule has 25 heavy (non-hydrogen) atoms. The maximum atomic E-state index is 9.71. The van der Waals surface area contributed by atoms with Crippen LogP contribution in [0.15, 0.2) is 29.3 Å². The summed E-state index contributed by atoms with van der Waals surface area (Å²) in [5.74, 6) is 0.397. The maximum Gasteiger partial charge on any atom is 0.195 e. The van der Waals surface area contributed by atoms with Gasteiger partial charge in [-0.05, 0) is 55.4 Å². The molecule has 3 heteroatoms. The van der Waals surface area contributed by atoms with E-state index in [2.05, 4.69) is 27.7 Å². The Hall–Kier alpha value is -1.77. The number of hydrogen-bond acceptors (Lipinski definition) is 3. The van der Waals surface area contributed by atoms with E-state index in [1.807, 2.05) is 24.3 Å². The molecule has 1 saturated carbocycles. The largest absolute Gasteiger partial charge is 0.497 e. The molecule has 0 radical (unpaired) electrons. The summed E-state index contributed by atoms with van der Waals surface area (Å²) in [6, 6.07) is 6.24. The number of benzene rings is 1. The van der Waals surface area contributed by atoms with Crippen LogP contribution in [0, 0.1) is 11.3 Å². The number of nitrogens with zero attached hydrogens (tertiary/aromatic N) is 1. The Morgan fingerprint density at radius 2 is 2.08 bits per heavy atom. The van der Waals surface area contributed by atoms with E-state index in [1.165, 1.54) is 0 Å². The third kappa shape index (κ3) is 2.43. The lowest BCUT2D eigenvalue weighted by Gasteiger charge is -2.52. The lowest BCUT2D eigenvalue weighted by atomic mass is 9.51. The number of rotatable bonds is 2. The van der Waals surface area contributed by atoms with Crippen molar-refractivity contribution in [3.63, 3.8) is 0 Å². The van der Waals surface area contributed by atoms with Crippen molar-refractivity contribution in [3.05, 3.63) is 35.4 Å². The summed E-state index contributed by atoms with van der Waals surface area (Å²) in [4.78, 5) is 4.95. The third-order valence-corrected chi connectivity index (χ3v) is 5.93. The van der Waals surface area contributed by atoms with Crippen LogP contribution in [-0.4, -0.2) is 25.2 Å². The van der Waals surface area contributed by atoms with Crippen LogP contribution in [-0.2, 0) is 10.2 Å². The third-order valence-electron chi connectivity index (χ3n) is 5.93. The Kier molecular flexibility index (Phi) is 3.09. The number of allylic oxidation sites excluding steroid dienone is 1. The van der Waals surface area contributed by atoms with Gasteiger partial charge in [-0.3, -0.25) is 0 Å². The summed E-state index contributed by atoms with van der Waals surface area (Å²) in [6.45, 7) is 8.94. The van der Waals surface area contributed by atoms with Gasteiger partial charge in [-0.2, -0.15) is 0 Å². The van der Waals surface area contributed by atoms with E-state index in [4.69, 9.17) is 15.8 Å². The molecule has 1 fully saturated rings. The Morgan fingerprint density at radius 1 is 1.28 bits per heavy atom. The molecule has 134 valence electrons. The summed E-state index contributed by atoms with van der Waals surface area (Å²) < 4.78 is 30.1. The van der Waals surface area contributed by atoms with Crippen molar-refractivity contribution >= 4 is 11.9 Å². The number of aliphatic imine (C=N–C) groups is 1. The van der Waals surface area contributed by atoms with E-state index < -0.39 is 11.3 Å². The van der Waals surface area contributed by atoms with Gasteiger partial charge in [0.15, 0.2) is 5.90 Å². The highest BCUT2D eigenvalue weighted by Crippen LogP contribution is 2.58. The monoisotopic (exact) mass is 341 g/mol. The second-order valence-electron chi connectivity index (χ2n) is 8.77. The normalized spacial score (nSPS) is 36.0. The molecule has 1 aliphatic heterocycles. The molecule has 3 nitrogen and oxygen atoms in total. The molecule has 0 N–H and O–H groups in total. The first-order valence-electron chi connectivity index (χ1n) is 10.2. The zero-order valence-corrected chi connectivity index (χ0v) is 15.9. The van der Waals surface area contributed by atoms with Gasteiger partial charge >= 0.3 is 0 Å². The topological polar surface area (TPSA) is 30.8 Å². The minimum absolute atomic E-state index is 0.295. The summed E-state index contributed by atoms with van der Waals surface area (Å²) in [7, 11) is 1.65. The van der Waals surface area contributed by atoms with Gasteiger partial charge in [0, 0.05) is 7.26 Å². The summed E-state index contributed by atoms with van der Waals surface area (Å²) in [6.07, 6.45) is 4.57. The van der Waals surface area contributed by atoms with E-state index in [-0.39, 0.29) is 11.0 Å². The predicted octanol–water partition coefficient (Wildman–Crippen LogP) is 4.99. The van der Waals surface area contributed by atoms with Gasteiger partial charge in [-0.15, -0.1) is 0 Å². The molecule has 2 atom stereocenters. The van der Waals surface area contributed by atoms with Crippen LogP contribution in [0.3, 0.4) is 0 Å². The first kappa shape index (κ1) is 14.4. The van der Waals surface area contributed by atoms with E-state index >= 15 is 0 Å². The summed E-state index contributed by atoms with van der Waals surface area (Å²) >= 11 is 0. The van der Waals surface area contributed by atoms with Crippen molar-refractivity contribution in [1.82, 2.24) is 0 Å². The van der Waals surface area contributed by atoms with Gasteiger partial charge in [-0.25, -0.2) is 4.99 Å². The Balaban J connectivity index is 2.07. The standard InChI is InChI=1S/C22H29NO2/c1-20(2)11-6-12-22(19-23-21(3,4)14-25-19)17-13-16(24-5)9-7-15(17)8-10-18(20)22/h7-10,13,18H,6,11-12,14H2,1-5H3/t18-,22+/m0/s1/i8D,18D. The Morgan fingerprint density at radius 3 is 2.76 bits per heavy atom. The van der Waals surface area contributed by atoms with Crippen LogP contribution in [0.4, 0.5) is 0 Å². The molecule has 1 heterocycles. The number of fused-ring (bicyclic) bond motifs is 3. The highest BCUT2D eigenvalue weighted by atomic mass is 16.5. The molecule has 0 amide bonds. The molecule has 0 aromatic heterocycles. The Bertz CT molecular complexity index is 858. The van der Waals surface area contributed by atoms with Crippen molar-refractivity contribution in [1.29, 1.82) is 0 Å².